The minimum absolute atomic E-state index is 0.550. The number of fused-ring (bicyclic) bond motifs is 3. The highest BCUT2D eigenvalue weighted by atomic mass is 35.5. The summed E-state index contributed by atoms with van der Waals surface area (Å²) >= 11 is 5.46. The molecule has 46 valence electrons. The van der Waals surface area contributed by atoms with Crippen LogP contribution in [0.25, 0.3) is 17.0 Å². The minimum atomic E-state index is 0.550. The Morgan fingerprint density at radius 1 is 1.56 bits per heavy atom. The Kier molecular flexibility index (Phi) is 0.359. The van der Waals surface area contributed by atoms with E-state index in [0.29, 0.717) is 17.0 Å². The molecule has 5 nitrogen and oxygen atoms in total. The van der Waals surface area contributed by atoms with Crippen LogP contribution >= 0.6 is 11.8 Å². The van der Waals surface area contributed by atoms with Crippen molar-refractivity contribution < 1.29 is 8.94 Å². The van der Waals surface area contributed by atoms with Gasteiger partial charge in [0.2, 0.25) is 0 Å². The summed E-state index contributed by atoms with van der Waals surface area (Å²) in [6, 6.07) is 0. The first-order chi connectivity index (χ1) is 4.36. The third kappa shape index (κ3) is 0.316. The van der Waals surface area contributed by atoms with Gasteiger partial charge in [0.15, 0.2) is 0 Å². The number of hydrogen-bond acceptors (Lipinski definition) is 3. The SMILES string of the molecule is Cln1nc2oc2c2on21. The predicted octanol–water partition coefficient (Wildman–Crippen LogP) is 0.915. The molecule has 3 aromatic rings. The first-order valence-corrected chi connectivity index (χ1v) is 2.65. The van der Waals surface area contributed by atoms with Gasteiger partial charge in [0.05, 0.1) is 11.8 Å². The van der Waals surface area contributed by atoms with Gasteiger partial charge in [0.1, 0.15) is 0 Å². The van der Waals surface area contributed by atoms with Crippen LogP contribution in [0, 0.1) is 0 Å². The maximum Gasteiger partial charge on any atom is 0.332 e. The zero-order valence-electron chi connectivity index (χ0n) is 4.04. The molecule has 0 unspecified atom stereocenters. The van der Waals surface area contributed by atoms with Gasteiger partial charge in [-0.15, -0.1) is 0 Å². The first-order valence-electron chi connectivity index (χ1n) is 2.31. The Hall–Kier alpha value is -1.10. The summed E-state index contributed by atoms with van der Waals surface area (Å²) in [7, 11) is 0. The fraction of sp³-hybridized carbons (Fsp3) is 0. The molecule has 0 N–H and O–H groups in total. The van der Waals surface area contributed by atoms with Crippen molar-refractivity contribution in [1.29, 1.82) is 0 Å². The van der Waals surface area contributed by atoms with Crippen LogP contribution in [0.15, 0.2) is 8.94 Å². The van der Waals surface area contributed by atoms with E-state index in [0.717, 1.165) is 4.32 Å². The van der Waals surface area contributed by atoms with E-state index >= 15 is 0 Å². The van der Waals surface area contributed by atoms with Crippen LogP contribution in [-0.2, 0) is 0 Å². The Balaban J connectivity index is 2.70. The van der Waals surface area contributed by atoms with Crippen molar-refractivity contribution in [3.63, 3.8) is 0 Å². The smallest absolute Gasteiger partial charge is 0.332 e. The van der Waals surface area contributed by atoms with E-state index in [1.165, 1.54) is 4.69 Å². The standard InChI is InChI=1S/C3ClN3O2/c4-7-5-2-1(8-2)3-6(7)9-3. The second-order valence-electron chi connectivity index (χ2n) is 1.75. The third-order valence-corrected chi connectivity index (χ3v) is 1.40. The molecule has 0 saturated carbocycles. The van der Waals surface area contributed by atoms with Gasteiger partial charge in [-0.3, -0.25) is 0 Å². The van der Waals surface area contributed by atoms with E-state index in [4.69, 9.17) is 20.7 Å². The predicted molar refractivity (Wildman–Crippen MR) is 27.7 cm³/mol. The molecule has 0 amide bonds. The highest BCUT2D eigenvalue weighted by molar-refractivity contribution is 6.14. The third-order valence-electron chi connectivity index (χ3n) is 1.18. The molecule has 0 aliphatic rings. The van der Waals surface area contributed by atoms with Gasteiger partial charge >= 0.3 is 5.71 Å². The zero-order valence-corrected chi connectivity index (χ0v) is 4.79. The largest absolute Gasteiger partial charge is 0.423 e. The van der Waals surface area contributed by atoms with E-state index in [9.17, 15) is 0 Å². The number of nitrogens with zero attached hydrogens (tertiary/aromatic N) is 3. The topological polar surface area (TPSA) is 48.5 Å². The molecule has 0 aliphatic carbocycles. The lowest BCUT2D eigenvalue weighted by Crippen LogP contribution is -1.91. The molecule has 6 heteroatoms. The molecule has 0 spiro atoms. The lowest BCUT2D eigenvalue weighted by molar-refractivity contribution is 0.470. The Morgan fingerprint density at radius 2 is 2.44 bits per heavy atom. The van der Waals surface area contributed by atoms with E-state index < -0.39 is 0 Å². The number of halogens is 1. The molecule has 3 aromatic heterocycles. The summed E-state index contributed by atoms with van der Waals surface area (Å²) in [6.07, 6.45) is 0. The van der Waals surface area contributed by atoms with Gasteiger partial charge in [-0.05, 0) is 4.69 Å². The van der Waals surface area contributed by atoms with Crippen LogP contribution in [0.1, 0.15) is 0 Å². The molecule has 3 rings (SSSR count). The molecular weight excluding hydrogens is 146 g/mol. The van der Waals surface area contributed by atoms with Gasteiger partial charge in [-0.25, -0.2) is 0 Å². The van der Waals surface area contributed by atoms with Crippen LogP contribution in [0.2, 0.25) is 0 Å². The van der Waals surface area contributed by atoms with Gasteiger partial charge in [0.25, 0.3) is 11.3 Å². The molecule has 0 bridgehead atoms. The van der Waals surface area contributed by atoms with Crippen molar-refractivity contribution in [3.05, 3.63) is 0 Å². The van der Waals surface area contributed by atoms with Crippen LogP contribution in [-0.4, -0.2) is 14.1 Å². The Morgan fingerprint density at radius 3 is 3.33 bits per heavy atom. The van der Waals surface area contributed by atoms with Gasteiger partial charge in [-0.1, -0.05) is 9.41 Å². The summed E-state index contributed by atoms with van der Waals surface area (Å²) in [5.74, 6) is 0. The second kappa shape index (κ2) is 0.841. The van der Waals surface area contributed by atoms with Crippen LogP contribution in [0.3, 0.4) is 0 Å². The molecule has 0 fully saturated rings. The summed E-state index contributed by atoms with van der Waals surface area (Å²) < 4.78 is 12.0. The molecule has 0 radical (unpaired) electrons. The number of rotatable bonds is 0. The van der Waals surface area contributed by atoms with E-state index in [2.05, 4.69) is 5.10 Å². The van der Waals surface area contributed by atoms with E-state index in [1.807, 2.05) is 0 Å². The highest BCUT2D eigenvalue weighted by Crippen LogP contribution is 2.29. The molecule has 3 heterocycles. The van der Waals surface area contributed by atoms with Crippen LogP contribution in [0.4, 0.5) is 0 Å². The van der Waals surface area contributed by atoms with E-state index in [1.54, 1.807) is 0 Å². The van der Waals surface area contributed by atoms with Crippen molar-refractivity contribution in [2.24, 2.45) is 0 Å². The molecular formula is C3ClN3O2. The van der Waals surface area contributed by atoms with Crippen LogP contribution < -0.4 is 0 Å². The average molecular weight is 146 g/mol. The normalized spacial score (nSPS) is 13.0. The fourth-order valence-corrected chi connectivity index (χ4v) is 0.854. The lowest BCUT2D eigenvalue weighted by atomic mass is 10.7. The quantitative estimate of drug-likeness (QED) is 0.473. The first kappa shape index (κ1) is 3.84. The maximum atomic E-state index is 5.46. The van der Waals surface area contributed by atoms with Gasteiger partial charge < -0.3 is 8.94 Å². The molecule has 0 aliphatic heterocycles. The maximum absolute atomic E-state index is 5.46. The van der Waals surface area contributed by atoms with Crippen molar-refractivity contribution in [3.8, 4) is 0 Å². The van der Waals surface area contributed by atoms with Crippen LogP contribution in [0.5, 0.6) is 0 Å². The summed E-state index contributed by atoms with van der Waals surface area (Å²) in [4.78, 5) is 0. The van der Waals surface area contributed by atoms with E-state index in [-0.39, 0.29) is 0 Å². The summed E-state index contributed by atoms with van der Waals surface area (Å²) in [5, 5.41) is 3.72. The number of aromatic nitrogens is 3. The summed E-state index contributed by atoms with van der Waals surface area (Å²) in [6.45, 7) is 0. The molecule has 0 aromatic carbocycles. The van der Waals surface area contributed by atoms with Crippen molar-refractivity contribution in [2.75, 3.05) is 0 Å². The average Bonchev–Trinajstić information content (AvgIpc) is 2.54. The Bertz CT molecular complexity index is 442. The van der Waals surface area contributed by atoms with Crippen molar-refractivity contribution in [1.82, 2.24) is 14.1 Å². The van der Waals surface area contributed by atoms with Gasteiger partial charge in [-0.2, -0.15) is 0 Å². The van der Waals surface area contributed by atoms with Crippen molar-refractivity contribution in [2.45, 2.75) is 0 Å². The molecule has 9 heavy (non-hydrogen) atoms. The van der Waals surface area contributed by atoms with Gasteiger partial charge in [0, 0.05) is 0 Å². The lowest BCUT2D eigenvalue weighted by Gasteiger charge is -1.76. The zero-order chi connectivity index (χ0) is 6.01. The van der Waals surface area contributed by atoms with Crippen molar-refractivity contribution >= 4 is 28.8 Å². The fourth-order valence-electron chi connectivity index (χ4n) is 0.686. The summed E-state index contributed by atoms with van der Waals surface area (Å²) in [5.41, 5.74) is 1.90. The molecule has 0 atom stereocenters. The Labute approximate surface area is 52.7 Å². The minimum Gasteiger partial charge on any atom is -0.423 e. The highest BCUT2D eigenvalue weighted by Gasteiger charge is 2.24. The number of hydrogen-bond donors (Lipinski definition) is 0. The monoisotopic (exact) mass is 145 g/mol. The second-order valence-corrected chi connectivity index (χ2v) is 2.05. The molecule has 0 saturated heterocycles.